The molecule has 0 unspecified atom stereocenters. The van der Waals surface area contributed by atoms with Gasteiger partial charge in [-0.15, -0.1) is 0 Å². The van der Waals surface area contributed by atoms with Crippen LogP contribution in [0.25, 0.3) is 0 Å². The van der Waals surface area contributed by atoms with Gasteiger partial charge in [0.25, 0.3) is 11.7 Å². The van der Waals surface area contributed by atoms with Crippen molar-refractivity contribution in [1.29, 1.82) is 5.26 Å². The van der Waals surface area contributed by atoms with E-state index in [0.29, 0.717) is 11.3 Å². The Bertz CT molecular complexity index is 667. The second-order valence-corrected chi connectivity index (χ2v) is 3.54. The summed E-state index contributed by atoms with van der Waals surface area (Å²) in [6, 6.07) is 9.12. The molecular weight excluding hydrogens is 250 g/mol. The molecule has 19 heavy (non-hydrogen) atoms. The van der Waals surface area contributed by atoms with Gasteiger partial charge in [-0.05, 0) is 24.3 Å². The number of rotatable bonds is 3. The zero-order valence-corrected chi connectivity index (χ0v) is 9.49. The van der Waals surface area contributed by atoms with Gasteiger partial charge in [-0.2, -0.15) is 5.26 Å². The van der Waals surface area contributed by atoms with Gasteiger partial charge >= 0.3 is 5.69 Å². The number of furan rings is 1. The second kappa shape index (κ2) is 5.01. The lowest BCUT2D eigenvalue weighted by Crippen LogP contribution is -2.12. The average Bonchev–Trinajstić information content (AvgIpc) is 2.89. The third kappa shape index (κ3) is 2.58. The Balaban J connectivity index is 2.19. The molecule has 1 N–H and O–H groups in total. The monoisotopic (exact) mass is 257 g/mol. The molecule has 2 aromatic rings. The summed E-state index contributed by atoms with van der Waals surface area (Å²) in [5.41, 5.74) is 0.461. The molecule has 2 rings (SSSR count). The molecular formula is C12H7N3O4. The Hall–Kier alpha value is -3.14. The minimum absolute atomic E-state index is 0.366. The molecule has 0 atom stereocenters. The molecule has 0 spiro atoms. The van der Waals surface area contributed by atoms with E-state index < -0.39 is 16.5 Å². The van der Waals surface area contributed by atoms with Crippen LogP contribution in [-0.4, -0.2) is 10.8 Å². The first-order valence-corrected chi connectivity index (χ1v) is 5.15. The predicted octanol–water partition coefficient (Wildman–Crippen LogP) is 2.31. The number of benzene rings is 1. The Morgan fingerprint density at radius 3 is 2.58 bits per heavy atom. The van der Waals surface area contributed by atoms with Crippen LogP contribution in [0.4, 0.5) is 11.4 Å². The van der Waals surface area contributed by atoms with Crippen molar-refractivity contribution < 1.29 is 14.1 Å². The number of hydrogen-bond acceptors (Lipinski definition) is 5. The fraction of sp³-hybridized carbons (Fsp3) is 0. The Morgan fingerprint density at radius 2 is 2.00 bits per heavy atom. The van der Waals surface area contributed by atoms with E-state index in [0.717, 1.165) is 12.3 Å². The summed E-state index contributed by atoms with van der Waals surface area (Å²) >= 11 is 0. The number of nitrogens with zero attached hydrogens (tertiary/aromatic N) is 2. The van der Waals surface area contributed by atoms with Crippen LogP contribution < -0.4 is 5.32 Å². The van der Waals surface area contributed by atoms with Crippen molar-refractivity contribution in [3.63, 3.8) is 0 Å². The molecule has 1 amide bonds. The molecule has 0 radical (unpaired) electrons. The first-order chi connectivity index (χ1) is 9.11. The summed E-state index contributed by atoms with van der Waals surface area (Å²) in [6.45, 7) is 0. The van der Waals surface area contributed by atoms with Crippen molar-refractivity contribution in [3.05, 3.63) is 58.0 Å². The van der Waals surface area contributed by atoms with E-state index in [-0.39, 0.29) is 5.76 Å². The molecule has 1 aromatic heterocycles. The third-order valence-electron chi connectivity index (χ3n) is 2.32. The lowest BCUT2D eigenvalue weighted by molar-refractivity contribution is -0.385. The zero-order valence-electron chi connectivity index (χ0n) is 9.49. The summed E-state index contributed by atoms with van der Waals surface area (Å²) in [5, 5.41) is 21.7. The van der Waals surface area contributed by atoms with E-state index >= 15 is 0 Å². The van der Waals surface area contributed by atoms with Gasteiger partial charge in [0.2, 0.25) is 0 Å². The highest BCUT2D eigenvalue weighted by molar-refractivity contribution is 6.04. The van der Waals surface area contributed by atoms with Crippen molar-refractivity contribution in [2.24, 2.45) is 0 Å². The van der Waals surface area contributed by atoms with Crippen molar-refractivity contribution in [3.8, 4) is 6.07 Å². The van der Waals surface area contributed by atoms with Crippen molar-refractivity contribution in [1.82, 2.24) is 0 Å². The number of nitrogens with one attached hydrogen (secondary N) is 1. The summed E-state index contributed by atoms with van der Waals surface area (Å²) in [4.78, 5) is 21.7. The minimum atomic E-state index is -0.721. The molecule has 0 saturated carbocycles. The van der Waals surface area contributed by atoms with E-state index in [4.69, 9.17) is 9.68 Å². The van der Waals surface area contributed by atoms with Crippen molar-refractivity contribution >= 4 is 17.3 Å². The molecule has 1 heterocycles. The molecule has 0 aliphatic rings. The van der Waals surface area contributed by atoms with Gasteiger partial charge in [0.05, 0.1) is 28.9 Å². The highest BCUT2D eigenvalue weighted by Crippen LogP contribution is 2.20. The van der Waals surface area contributed by atoms with Gasteiger partial charge in [-0.3, -0.25) is 14.9 Å². The summed E-state index contributed by atoms with van der Waals surface area (Å²) in [5.74, 6) is -1.09. The maximum absolute atomic E-state index is 11.8. The quantitative estimate of drug-likeness (QED) is 0.670. The topological polar surface area (TPSA) is 109 Å². The number of nitro groups is 1. The first kappa shape index (κ1) is 12.3. The van der Waals surface area contributed by atoms with E-state index in [1.165, 1.54) is 24.3 Å². The smallest absolute Gasteiger partial charge is 0.320 e. The van der Waals surface area contributed by atoms with Crippen molar-refractivity contribution in [2.45, 2.75) is 0 Å². The van der Waals surface area contributed by atoms with Crippen LogP contribution in [0.3, 0.4) is 0 Å². The molecule has 94 valence electrons. The fourth-order valence-electron chi connectivity index (χ4n) is 1.43. The second-order valence-electron chi connectivity index (χ2n) is 3.54. The number of nitriles is 1. The Morgan fingerprint density at radius 1 is 1.32 bits per heavy atom. The van der Waals surface area contributed by atoms with E-state index in [1.807, 2.05) is 6.07 Å². The molecule has 7 nitrogen and oxygen atoms in total. The van der Waals surface area contributed by atoms with Crippen LogP contribution in [0.2, 0.25) is 0 Å². The normalized spacial score (nSPS) is 9.63. The molecule has 0 saturated heterocycles. The van der Waals surface area contributed by atoms with Gasteiger partial charge in [0.1, 0.15) is 0 Å². The number of carbonyl (C=O) groups is 1. The minimum Gasteiger partial charge on any atom is -0.453 e. The van der Waals surface area contributed by atoms with Gasteiger partial charge in [-0.25, -0.2) is 0 Å². The Labute approximate surface area is 107 Å². The largest absolute Gasteiger partial charge is 0.453 e. The lowest BCUT2D eigenvalue weighted by Gasteiger charge is -2.02. The summed E-state index contributed by atoms with van der Waals surface area (Å²) < 4.78 is 4.80. The molecule has 0 aliphatic heterocycles. The van der Waals surface area contributed by atoms with Gasteiger partial charge < -0.3 is 9.73 Å². The van der Waals surface area contributed by atoms with Crippen LogP contribution in [-0.2, 0) is 0 Å². The van der Waals surface area contributed by atoms with E-state index in [1.54, 1.807) is 0 Å². The molecule has 1 aromatic carbocycles. The third-order valence-corrected chi connectivity index (χ3v) is 2.32. The van der Waals surface area contributed by atoms with Crippen molar-refractivity contribution in [2.75, 3.05) is 5.32 Å². The van der Waals surface area contributed by atoms with Crippen LogP contribution in [0.15, 0.2) is 41.0 Å². The highest BCUT2D eigenvalue weighted by atomic mass is 16.6. The standard InChI is InChI=1S/C12H7N3O4/c13-7-8-1-3-9(4-2-8)14-12(16)11-10(15(17)18)5-6-19-11/h1-6H,(H,14,16). The van der Waals surface area contributed by atoms with Gasteiger partial charge in [0, 0.05) is 5.69 Å². The fourth-order valence-corrected chi connectivity index (χ4v) is 1.43. The van der Waals surface area contributed by atoms with Crippen LogP contribution >= 0.6 is 0 Å². The van der Waals surface area contributed by atoms with Gasteiger partial charge in [0.15, 0.2) is 0 Å². The lowest BCUT2D eigenvalue weighted by atomic mass is 10.2. The van der Waals surface area contributed by atoms with E-state index in [9.17, 15) is 14.9 Å². The van der Waals surface area contributed by atoms with Crippen LogP contribution in [0, 0.1) is 21.4 Å². The van der Waals surface area contributed by atoms with Crippen LogP contribution in [0.5, 0.6) is 0 Å². The maximum atomic E-state index is 11.8. The Kier molecular flexibility index (Phi) is 3.25. The number of anilines is 1. The first-order valence-electron chi connectivity index (χ1n) is 5.15. The molecule has 0 fully saturated rings. The number of amides is 1. The molecule has 0 aliphatic carbocycles. The molecule has 0 bridgehead atoms. The van der Waals surface area contributed by atoms with Crippen LogP contribution in [0.1, 0.15) is 16.1 Å². The highest BCUT2D eigenvalue weighted by Gasteiger charge is 2.24. The number of hydrogen-bond donors (Lipinski definition) is 1. The van der Waals surface area contributed by atoms with E-state index in [2.05, 4.69) is 5.32 Å². The predicted molar refractivity (Wildman–Crippen MR) is 64.5 cm³/mol. The number of carbonyl (C=O) groups excluding carboxylic acids is 1. The zero-order chi connectivity index (χ0) is 13.8. The summed E-state index contributed by atoms with van der Waals surface area (Å²) in [6.07, 6.45) is 1.08. The van der Waals surface area contributed by atoms with Gasteiger partial charge in [-0.1, -0.05) is 0 Å². The maximum Gasteiger partial charge on any atom is 0.320 e. The SMILES string of the molecule is N#Cc1ccc(NC(=O)c2occc2[N+](=O)[O-])cc1. The summed E-state index contributed by atoms with van der Waals surface area (Å²) in [7, 11) is 0. The average molecular weight is 257 g/mol. The molecule has 7 heteroatoms.